The Morgan fingerprint density at radius 3 is 2.37 bits per heavy atom. The molecule has 0 saturated heterocycles. The fraction of sp³-hybridized carbons (Fsp3) is 0.0870. The minimum Gasteiger partial charge on any atom is -0.497 e. The molecule has 0 bridgehead atoms. The van der Waals surface area contributed by atoms with E-state index in [1.807, 2.05) is 0 Å². The summed E-state index contributed by atoms with van der Waals surface area (Å²) in [7, 11) is -2.33. The van der Waals surface area contributed by atoms with E-state index in [-0.39, 0.29) is 11.4 Å². The first-order chi connectivity index (χ1) is 14.5. The number of fused-ring (bicyclic) bond motifs is 1. The standard InChI is InChI=1S/C23H19FN2O3S/c1-29-19-12-10-18(11-13-19)26(30(27,28)20-6-3-2-4-7-20)16-17-9-14-22(24)21-8-5-15-25-23(17)21/h2-15H,16H2,1H3. The van der Waals surface area contributed by atoms with Crippen molar-refractivity contribution in [3.8, 4) is 5.75 Å². The smallest absolute Gasteiger partial charge is 0.264 e. The fourth-order valence-electron chi connectivity index (χ4n) is 3.26. The number of anilines is 1. The van der Waals surface area contributed by atoms with Gasteiger partial charge in [0.15, 0.2) is 0 Å². The predicted octanol–water partition coefficient (Wildman–Crippen LogP) is 4.78. The van der Waals surface area contributed by atoms with E-state index < -0.39 is 15.8 Å². The van der Waals surface area contributed by atoms with Crippen LogP contribution in [0.1, 0.15) is 5.56 Å². The summed E-state index contributed by atoms with van der Waals surface area (Å²) in [5.74, 6) is 0.216. The molecule has 1 heterocycles. The molecule has 0 radical (unpaired) electrons. The molecule has 0 atom stereocenters. The van der Waals surface area contributed by atoms with Crippen LogP contribution >= 0.6 is 0 Å². The predicted molar refractivity (Wildman–Crippen MR) is 115 cm³/mol. The fourth-order valence-corrected chi connectivity index (χ4v) is 4.73. The molecule has 7 heteroatoms. The quantitative estimate of drug-likeness (QED) is 0.449. The van der Waals surface area contributed by atoms with Crippen molar-refractivity contribution >= 4 is 26.6 Å². The van der Waals surface area contributed by atoms with Gasteiger partial charge >= 0.3 is 0 Å². The SMILES string of the molecule is COc1ccc(N(Cc2ccc(F)c3cccnc23)S(=O)(=O)c2ccccc2)cc1. The summed E-state index contributed by atoms with van der Waals surface area (Å²) in [5, 5.41) is 0.349. The van der Waals surface area contributed by atoms with Crippen molar-refractivity contribution in [3.63, 3.8) is 0 Å². The van der Waals surface area contributed by atoms with Gasteiger partial charge < -0.3 is 4.74 Å². The van der Waals surface area contributed by atoms with Crippen LogP contribution < -0.4 is 9.04 Å². The van der Waals surface area contributed by atoms with Gasteiger partial charge in [-0.2, -0.15) is 0 Å². The Hall–Kier alpha value is -3.45. The average Bonchev–Trinajstić information content (AvgIpc) is 2.79. The largest absolute Gasteiger partial charge is 0.497 e. The van der Waals surface area contributed by atoms with Crippen LogP contribution in [0.4, 0.5) is 10.1 Å². The lowest BCUT2D eigenvalue weighted by atomic mass is 10.1. The summed E-state index contributed by atoms with van der Waals surface area (Å²) < 4.78 is 47.7. The van der Waals surface area contributed by atoms with Crippen LogP contribution in [0, 0.1) is 5.82 Å². The van der Waals surface area contributed by atoms with Crippen molar-refractivity contribution in [2.24, 2.45) is 0 Å². The molecule has 0 unspecified atom stereocenters. The number of nitrogens with zero attached hydrogens (tertiary/aromatic N) is 2. The van der Waals surface area contributed by atoms with Crippen molar-refractivity contribution in [2.75, 3.05) is 11.4 Å². The molecule has 0 spiro atoms. The number of pyridine rings is 1. The van der Waals surface area contributed by atoms with Gasteiger partial charge in [-0.25, -0.2) is 12.8 Å². The normalized spacial score (nSPS) is 11.4. The van der Waals surface area contributed by atoms with Crippen LogP contribution in [0.15, 0.2) is 90.0 Å². The molecule has 1 aromatic heterocycles. The van der Waals surface area contributed by atoms with Crippen molar-refractivity contribution in [1.82, 2.24) is 4.98 Å². The maximum absolute atomic E-state index is 14.2. The highest BCUT2D eigenvalue weighted by Gasteiger charge is 2.26. The molecule has 0 saturated carbocycles. The number of sulfonamides is 1. The Labute approximate surface area is 174 Å². The lowest BCUT2D eigenvalue weighted by Crippen LogP contribution is -2.30. The molecular weight excluding hydrogens is 403 g/mol. The van der Waals surface area contributed by atoms with E-state index in [1.54, 1.807) is 86.1 Å². The van der Waals surface area contributed by atoms with E-state index in [0.717, 1.165) is 0 Å². The molecule has 0 aliphatic carbocycles. The van der Waals surface area contributed by atoms with Crippen LogP contribution in [-0.4, -0.2) is 20.5 Å². The first kappa shape index (κ1) is 19.8. The highest BCUT2D eigenvalue weighted by Crippen LogP contribution is 2.29. The second kappa shape index (κ2) is 8.12. The summed E-state index contributed by atoms with van der Waals surface area (Å²) in [6.07, 6.45) is 1.56. The number of benzene rings is 3. The molecule has 3 aromatic carbocycles. The number of aromatic nitrogens is 1. The van der Waals surface area contributed by atoms with E-state index in [2.05, 4.69) is 4.98 Å². The number of rotatable bonds is 6. The summed E-state index contributed by atoms with van der Waals surface area (Å²) in [6.45, 7) is -0.00263. The maximum atomic E-state index is 14.2. The molecule has 0 fully saturated rings. The van der Waals surface area contributed by atoms with E-state index in [9.17, 15) is 12.8 Å². The summed E-state index contributed by atoms with van der Waals surface area (Å²) in [4.78, 5) is 4.46. The third kappa shape index (κ3) is 3.71. The number of methoxy groups -OCH3 is 1. The van der Waals surface area contributed by atoms with Crippen molar-refractivity contribution < 1.29 is 17.5 Å². The van der Waals surface area contributed by atoms with Crippen LogP contribution in [0.5, 0.6) is 5.75 Å². The van der Waals surface area contributed by atoms with E-state index in [4.69, 9.17) is 4.74 Å². The van der Waals surface area contributed by atoms with Crippen molar-refractivity contribution in [3.05, 3.63) is 96.4 Å². The zero-order chi connectivity index (χ0) is 21.1. The van der Waals surface area contributed by atoms with Gasteiger partial charge in [-0.3, -0.25) is 9.29 Å². The second-order valence-corrected chi connectivity index (χ2v) is 8.49. The minimum atomic E-state index is -3.88. The average molecular weight is 422 g/mol. The molecule has 0 aliphatic heterocycles. The van der Waals surface area contributed by atoms with Crippen LogP contribution in [0.25, 0.3) is 10.9 Å². The van der Waals surface area contributed by atoms with Gasteiger partial charge in [0.2, 0.25) is 0 Å². The van der Waals surface area contributed by atoms with Gasteiger partial charge in [0, 0.05) is 11.6 Å². The molecular formula is C23H19FN2O3S. The highest BCUT2D eigenvalue weighted by atomic mass is 32.2. The molecule has 4 rings (SSSR count). The van der Waals surface area contributed by atoms with Crippen molar-refractivity contribution in [1.29, 1.82) is 0 Å². The molecule has 0 amide bonds. The Balaban J connectivity index is 1.85. The Bertz CT molecular complexity index is 1280. The number of hydrogen-bond acceptors (Lipinski definition) is 4. The molecule has 4 aromatic rings. The van der Waals surface area contributed by atoms with Gasteiger partial charge in [-0.15, -0.1) is 0 Å². The van der Waals surface area contributed by atoms with E-state index >= 15 is 0 Å². The first-order valence-corrected chi connectivity index (χ1v) is 10.7. The first-order valence-electron chi connectivity index (χ1n) is 9.24. The number of hydrogen-bond donors (Lipinski definition) is 0. The number of halogens is 1. The van der Waals surface area contributed by atoms with Gasteiger partial charge in [0.05, 0.1) is 29.8 Å². The van der Waals surface area contributed by atoms with E-state index in [1.165, 1.54) is 10.4 Å². The second-order valence-electron chi connectivity index (χ2n) is 6.63. The van der Waals surface area contributed by atoms with E-state index in [0.29, 0.717) is 27.9 Å². The van der Waals surface area contributed by atoms with Gasteiger partial charge in [0.25, 0.3) is 10.0 Å². The summed E-state index contributed by atoms with van der Waals surface area (Å²) >= 11 is 0. The monoisotopic (exact) mass is 422 g/mol. The van der Waals surface area contributed by atoms with Crippen LogP contribution in [0.2, 0.25) is 0 Å². The third-order valence-corrected chi connectivity index (χ3v) is 6.59. The molecule has 152 valence electrons. The lowest BCUT2D eigenvalue weighted by Gasteiger charge is -2.25. The van der Waals surface area contributed by atoms with Gasteiger partial charge in [-0.1, -0.05) is 24.3 Å². The summed E-state index contributed by atoms with van der Waals surface area (Å²) in [6, 6.07) is 21.1. The molecule has 30 heavy (non-hydrogen) atoms. The lowest BCUT2D eigenvalue weighted by molar-refractivity contribution is 0.415. The van der Waals surface area contributed by atoms with Crippen LogP contribution in [-0.2, 0) is 16.6 Å². The topological polar surface area (TPSA) is 59.5 Å². The Morgan fingerprint density at radius 2 is 1.67 bits per heavy atom. The molecule has 0 N–H and O–H groups in total. The third-order valence-electron chi connectivity index (χ3n) is 4.81. The summed E-state index contributed by atoms with van der Waals surface area (Å²) in [5.41, 5.74) is 1.50. The Kier molecular flexibility index (Phi) is 5.37. The zero-order valence-corrected chi connectivity index (χ0v) is 17.0. The van der Waals surface area contributed by atoms with Gasteiger partial charge in [0.1, 0.15) is 11.6 Å². The Morgan fingerprint density at radius 1 is 0.933 bits per heavy atom. The number of ether oxygens (including phenoxy) is 1. The zero-order valence-electron chi connectivity index (χ0n) is 16.2. The minimum absolute atomic E-state index is 0.00263. The molecule has 5 nitrogen and oxygen atoms in total. The van der Waals surface area contributed by atoms with Crippen LogP contribution in [0.3, 0.4) is 0 Å². The molecule has 0 aliphatic rings. The van der Waals surface area contributed by atoms with Gasteiger partial charge in [-0.05, 0) is 60.2 Å². The maximum Gasteiger partial charge on any atom is 0.264 e. The van der Waals surface area contributed by atoms with Crippen molar-refractivity contribution in [2.45, 2.75) is 11.4 Å². The highest BCUT2D eigenvalue weighted by molar-refractivity contribution is 7.92.